The van der Waals surface area contributed by atoms with Gasteiger partial charge in [-0.25, -0.2) is 0 Å². The number of nitriles is 1. The van der Waals surface area contributed by atoms with Crippen molar-refractivity contribution >= 4 is 5.57 Å². The molecule has 0 bridgehead atoms. The number of rotatable bonds is 5. The lowest BCUT2D eigenvalue weighted by atomic mass is 9.91. The van der Waals surface area contributed by atoms with Gasteiger partial charge in [0.2, 0.25) is 0 Å². The highest BCUT2D eigenvalue weighted by molar-refractivity contribution is 5.69. The van der Waals surface area contributed by atoms with E-state index in [1.54, 1.807) is 0 Å². The number of hydrogen-bond acceptors (Lipinski definition) is 1. The van der Waals surface area contributed by atoms with Crippen molar-refractivity contribution in [3.63, 3.8) is 0 Å². The lowest BCUT2D eigenvalue weighted by Gasteiger charge is -2.14. The van der Waals surface area contributed by atoms with E-state index in [1.807, 2.05) is 45.9 Å². The van der Waals surface area contributed by atoms with Crippen LogP contribution in [0.2, 0.25) is 0 Å². The first kappa shape index (κ1) is 32.8. The van der Waals surface area contributed by atoms with Crippen LogP contribution in [0.5, 0.6) is 0 Å². The lowest BCUT2D eigenvalue weighted by molar-refractivity contribution is 0.480. The van der Waals surface area contributed by atoms with Gasteiger partial charge in [0.25, 0.3) is 0 Å². The van der Waals surface area contributed by atoms with Gasteiger partial charge in [-0.15, -0.1) is 0 Å². The Labute approximate surface area is 207 Å². The van der Waals surface area contributed by atoms with Crippen LogP contribution in [0.4, 0.5) is 0 Å². The zero-order valence-corrected chi connectivity index (χ0v) is 23.9. The number of aryl methyl sites for hydroxylation is 4. The molecule has 0 spiro atoms. The monoisotopic (exact) mass is 449 g/mol. The molecule has 33 heavy (non-hydrogen) atoms. The van der Waals surface area contributed by atoms with Crippen LogP contribution in [-0.4, -0.2) is 0 Å². The van der Waals surface area contributed by atoms with Gasteiger partial charge in [-0.3, -0.25) is 0 Å². The first-order chi connectivity index (χ1) is 15.5. The first-order valence-electron chi connectivity index (χ1n) is 12.7. The van der Waals surface area contributed by atoms with Crippen LogP contribution in [0.15, 0.2) is 30.8 Å². The number of benzene rings is 2. The zero-order chi connectivity index (χ0) is 26.1. The molecule has 0 atom stereocenters. The summed E-state index contributed by atoms with van der Waals surface area (Å²) in [6.45, 7) is 29.6. The summed E-state index contributed by atoms with van der Waals surface area (Å²) < 4.78 is 0. The molecule has 0 saturated carbocycles. The molecule has 1 nitrogen and oxygen atoms in total. The summed E-state index contributed by atoms with van der Waals surface area (Å²) in [6.07, 6.45) is 5.52. The van der Waals surface area contributed by atoms with Crippen molar-refractivity contribution in [1.29, 1.82) is 5.26 Å². The van der Waals surface area contributed by atoms with Gasteiger partial charge in [-0.2, -0.15) is 5.26 Å². The third kappa shape index (κ3) is 12.5. The fraction of sp³-hybridized carbons (Fsp3) is 0.531. The van der Waals surface area contributed by atoms with Crippen LogP contribution in [0.25, 0.3) is 5.57 Å². The third-order valence-corrected chi connectivity index (χ3v) is 5.86. The molecule has 184 valence electrons. The Hall–Kier alpha value is -2.33. The second-order valence-corrected chi connectivity index (χ2v) is 9.03. The van der Waals surface area contributed by atoms with E-state index in [1.165, 1.54) is 53.5 Å². The van der Waals surface area contributed by atoms with E-state index in [0.717, 1.165) is 28.2 Å². The molecule has 0 aliphatic rings. The molecule has 0 unspecified atom stereocenters. The summed E-state index contributed by atoms with van der Waals surface area (Å²) in [6, 6.07) is 10.3. The van der Waals surface area contributed by atoms with Crippen LogP contribution in [0, 0.1) is 58.8 Å². The quantitative estimate of drug-likeness (QED) is 0.445. The molecule has 2 rings (SSSR count). The normalized spacial score (nSPS) is 9.45. The average molecular weight is 450 g/mol. The van der Waals surface area contributed by atoms with Gasteiger partial charge in [0.1, 0.15) is 0 Å². The maximum atomic E-state index is 8.59. The van der Waals surface area contributed by atoms with Crippen LogP contribution in [0.1, 0.15) is 112 Å². The Morgan fingerprint density at radius 2 is 1.36 bits per heavy atom. The highest BCUT2D eigenvalue weighted by Crippen LogP contribution is 2.26. The summed E-state index contributed by atoms with van der Waals surface area (Å²) in [5, 5.41) is 8.59. The summed E-state index contributed by atoms with van der Waals surface area (Å²) >= 11 is 0. The SMILES string of the molecule is C=C(C)c1c(C)cc(C)c(C)c1C.CC.CCCC(C)CCC.Cc1ccc(C)c(C#N)c1. The van der Waals surface area contributed by atoms with Crippen molar-refractivity contribution in [2.75, 3.05) is 0 Å². The molecule has 0 N–H and O–H groups in total. The van der Waals surface area contributed by atoms with E-state index in [9.17, 15) is 0 Å². The second-order valence-electron chi connectivity index (χ2n) is 9.03. The van der Waals surface area contributed by atoms with E-state index in [2.05, 4.69) is 74.1 Å². The van der Waals surface area contributed by atoms with Gasteiger partial charge in [-0.1, -0.05) is 90.7 Å². The van der Waals surface area contributed by atoms with Crippen molar-refractivity contribution in [3.05, 3.63) is 75.4 Å². The lowest BCUT2D eigenvalue weighted by Crippen LogP contribution is -1.96. The predicted molar refractivity (Wildman–Crippen MR) is 151 cm³/mol. The fourth-order valence-corrected chi connectivity index (χ4v) is 3.93. The first-order valence-corrected chi connectivity index (χ1v) is 12.7. The van der Waals surface area contributed by atoms with E-state index < -0.39 is 0 Å². The number of nitrogens with zero attached hydrogens (tertiary/aromatic N) is 1. The van der Waals surface area contributed by atoms with E-state index in [-0.39, 0.29) is 0 Å². The van der Waals surface area contributed by atoms with E-state index in [4.69, 9.17) is 5.26 Å². The highest BCUT2D eigenvalue weighted by atomic mass is 14.2. The average Bonchev–Trinajstić information content (AvgIpc) is 2.76. The van der Waals surface area contributed by atoms with Crippen molar-refractivity contribution in [2.24, 2.45) is 5.92 Å². The minimum atomic E-state index is 0.778. The Balaban J connectivity index is 0. The predicted octanol–water partition coefficient (Wildman–Crippen LogP) is 10.4. The summed E-state index contributed by atoms with van der Waals surface area (Å²) in [7, 11) is 0. The van der Waals surface area contributed by atoms with Crippen LogP contribution in [-0.2, 0) is 0 Å². The molecule has 0 amide bonds. The van der Waals surface area contributed by atoms with Crippen LogP contribution in [0.3, 0.4) is 0 Å². The summed E-state index contributed by atoms with van der Waals surface area (Å²) in [4.78, 5) is 0. The minimum Gasteiger partial charge on any atom is -0.192 e. The van der Waals surface area contributed by atoms with Gasteiger partial charge in [0, 0.05) is 0 Å². The topological polar surface area (TPSA) is 23.8 Å². The molecule has 0 fully saturated rings. The Morgan fingerprint density at radius 3 is 1.76 bits per heavy atom. The van der Waals surface area contributed by atoms with Gasteiger partial charge in [0.05, 0.1) is 11.6 Å². The highest BCUT2D eigenvalue weighted by Gasteiger charge is 2.07. The molecule has 0 heterocycles. The van der Waals surface area contributed by atoms with Gasteiger partial charge < -0.3 is 0 Å². The third-order valence-electron chi connectivity index (χ3n) is 5.86. The van der Waals surface area contributed by atoms with Crippen molar-refractivity contribution in [1.82, 2.24) is 0 Å². The molecule has 1 heteroatoms. The van der Waals surface area contributed by atoms with Gasteiger partial charge in [-0.05, 0) is 99.4 Å². The minimum absolute atomic E-state index is 0.778. The maximum Gasteiger partial charge on any atom is 0.0994 e. The van der Waals surface area contributed by atoms with Crippen molar-refractivity contribution in [2.45, 2.75) is 109 Å². The second kappa shape index (κ2) is 18.1. The molecule has 0 aromatic heterocycles. The molecule has 2 aromatic carbocycles. The smallest absolute Gasteiger partial charge is 0.0994 e. The van der Waals surface area contributed by atoms with E-state index in [0.29, 0.717) is 0 Å². The summed E-state index contributed by atoms with van der Waals surface area (Å²) in [5.74, 6) is 0.963. The number of allylic oxidation sites excluding steroid dienone is 1. The molecular weight excluding hydrogens is 398 g/mol. The Morgan fingerprint density at radius 1 is 0.848 bits per heavy atom. The van der Waals surface area contributed by atoms with Gasteiger partial charge >= 0.3 is 0 Å². The van der Waals surface area contributed by atoms with E-state index >= 15 is 0 Å². The summed E-state index contributed by atoms with van der Waals surface area (Å²) in [5.41, 5.74) is 11.0. The zero-order valence-electron chi connectivity index (χ0n) is 23.9. The molecule has 0 saturated heterocycles. The largest absolute Gasteiger partial charge is 0.192 e. The van der Waals surface area contributed by atoms with Crippen LogP contribution < -0.4 is 0 Å². The molecule has 0 aliphatic carbocycles. The van der Waals surface area contributed by atoms with Crippen LogP contribution >= 0.6 is 0 Å². The van der Waals surface area contributed by atoms with Crippen molar-refractivity contribution in [3.8, 4) is 6.07 Å². The Bertz CT molecular complexity index is 874. The number of hydrogen-bond donors (Lipinski definition) is 0. The maximum absolute atomic E-state index is 8.59. The molecule has 0 aliphatic heterocycles. The molecule has 2 aromatic rings. The Kier molecular flexibility index (Phi) is 18.1. The standard InChI is InChI=1S/C13H18.C9H9N.C8H18.C2H6/c1-8(2)13-10(4)7-9(3)11(5)12(13)6;1-7-3-4-8(2)9(5-7)6-10;1-4-6-8(3)7-5-2;1-2/h7H,1H2,2-6H3;3-5H,1-2H3;8H,4-7H2,1-3H3;1-2H3. The van der Waals surface area contributed by atoms with Crippen molar-refractivity contribution < 1.29 is 0 Å². The fourth-order valence-electron chi connectivity index (χ4n) is 3.93. The van der Waals surface area contributed by atoms with Gasteiger partial charge in [0.15, 0.2) is 0 Å². The molecule has 0 radical (unpaired) electrons. The molecular formula is C32H51N.